The van der Waals surface area contributed by atoms with E-state index in [4.69, 9.17) is 14.2 Å². The maximum atomic E-state index is 13.4. The van der Waals surface area contributed by atoms with E-state index in [2.05, 4.69) is 5.32 Å². The number of methoxy groups -OCH3 is 1. The molecule has 0 radical (unpaired) electrons. The number of nitrogens with zero attached hydrogens (tertiary/aromatic N) is 1. The molecule has 1 N–H and O–H groups in total. The number of rotatable bonds is 8. The zero-order chi connectivity index (χ0) is 22.4. The summed E-state index contributed by atoms with van der Waals surface area (Å²) in [7, 11) is 1.52. The van der Waals surface area contributed by atoms with Crippen molar-refractivity contribution in [3.8, 4) is 17.2 Å². The first kappa shape index (κ1) is 22.5. The smallest absolute Gasteiger partial charge is 0.255 e. The van der Waals surface area contributed by atoms with Crippen LogP contribution >= 0.6 is 0 Å². The van der Waals surface area contributed by atoms with Crippen molar-refractivity contribution in [2.75, 3.05) is 26.9 Å². The van der Waals surface area contributed by atoms with Crippen molar-refractivity contribution < 1.29 is 23.8 Å². The van der Waals surface area contributed by atoms with Gasteiger partial charge in [-0.1, -0.05) is 38.1 Å². The van der Waals surface area contributed by atoms with Gasteiger partial charge >= 0.3 is 0 Å². The third-order valence-electron chi connectivity index (χ3n) is 5.27. The van der Waals surface area contributed by atoms with Gasteiger partial charge in [0.2, 0.25) is 5.91 Å². The fraction of sp³-hybridized carbons (Fsp3) is 0.417. The number of carbonyl (C=O) groups excluding carboxylic acids is 2. The second-order valence-corrected chi connectivity index (χ2v) is 7.69. The minimum atomic E-state index is -0.672. The lowest BCUT2D eigenvalue weighted by molar-refractivity contribution is -0.134. The van der Waals surface area contributed by atoms with E-state index < -0.39 is 6.04 Å². The summed E-state index contributed by atoms with van der Waals surface area (Å²) in [6, 6.07) is 12.0. The first-order valence-corrected chi connectivity index (χ1v) is 10.6. The van der Waals surface area contributed by atoms with Crippen molar-refractivity contribution in [1.29, 1.82) is 0 Å². The Kier molecular flexibility index (Phi) is 7.39. The molecular formula is C24H30N2O5. The number of para-hydroxylation sites is 2. The van der Waals surface area contributed by atoms with Gasteiger partial charge in [0.1, 0.15) is 25.0 Å². The molecule has 0 fully saturated rings. The number of hydrogen-bond donors (Lipinski definition) is 1. The molecule has 0 aromatic heterocycles. The van der Waals surface area contributed by atoms with E-state index in [-0.39, 0.29) is 17.7 Å². The zero-order valence-corrected chi connectivity index (χ0v) is 18.5. The van der Waals surface area contributed by atoms with Crippen molar-refractivity contribution >= 4 is 11.8 Å². The molecule has 31 heavy (non-hydrogen) atoms. The second-order valence-electron chi connectivity index (χ2n) is 7.69. The average molecular weight is 427 g/mol. The Morgan fingerprint density at radius 2 is 1.84 bits per heavy atom. The van der Waals surface area contributed by atoms with Crippen LogP contribution in [-0.4, -0.2) is 49.6 Å². The van der Waals surface area contributed by atoms with Crippen LogP contribution in [0.1, 0.15) is 36.7 Å². The van der Waals surface area contributed by atoms with Crippen LogP contribution in [0.4, 0.5) is 0 Å². The Morgan fingerprint density at radius 1 is 1.10 bits per heavy atom. The van der Waals surface area contributed by atoms with Crippen molar-refractivity contribution in [3.63, 3.8) is 0 Å². The van der Waals surface area contributed by atoms with Crippen LogP contribution in [0.25, 0.3) is 0 Å². The van der Waals surface area contributed by atoms with Gasteiger partial charge in [0, 0.05) is 18.7 Å². The largest absolute Gasteiger partial charge is 0.496 e. The van der Waals surface area contributed by atoms with Crippen LogP contribution < -0.4 is 19.5 Å². The lowest BCUT2D eigenvalue weighted by atomic mass is 10.0. The summed E-state index contributed by atoms with van der Waals surface area (Å²) >= 11 is 0. The molecule has 0 spiro atoms. The Hall–Kier alpha value is -3.22. The molecule has 166 valence electrons. The highest BCUT2D eigenvalue weighted by Crippen LogP contribution is 2.34. The van der Waals surface area contributed by atoms with Crippen molar-refractivity contribution in [1.82, 2.24) is 10.2 Å². The Labute approximate surface area is 183 Å². The number of fused-ring (bicyclic) bond motifs is 1. The number of ether oxygens (including phenoxy) is 3. The van der Waals surface area contributed by atoms with E-state index in [1.807, 2.05) is 39.0 Å². The second kappa shape index (κ2) is 10.2. The fourth-order valence-corrected chi connectivity index (χ4v) is 3.57. The quantitative estimate of drug-likeness (QED) is 0.701. The van der Waals surface area contributed by atoms with E-state index in [0.29, 0.717) is 49.1 Å². The maximum Gasteiger partial charge on any atom is 0.255 e. The number of hydrogen-bond acceptors (Lipinski definition) is 5. The predicted molar refractivity (Wildman–Crippen MR) is 118 cm³/mol. The minimum absolute atomic E-state index is 0.0931. The molecule has 7 heteroatoms. The molecule has 1 atom stereocenters. The molecule has 2 aromatic rings. The number of amides is 2. The third kappa shape index (κ3) is 5.10. The third-order valence-corrected chi connectivity index (χ3v) is 5.27. The summed E-state index contributed by atoms with van der Waals surface area (Å²) in [6.07, 6.45) is 0. The summed E-state index contributed by atoms with van der Waals surface area (Å²) in [6.45, 7) is 7.61. The molecule has 0 bridgehead atoms. The standard InChI is InChI=1S/C24H30N2O5/c1-5-26(15-17-9-8-12-20-22(17)31-14-13-30-20)24(28)21(16(2)3)25-23(27)18-10-6-7-11-19(18)29-4/h6-12,16,21H,5,13-15H2,1-4H3,(H,25,27). The fourth-order valence-electron chi connectivity index (χ4n) is 3.57. The molecule has 0 saturated heterocycles. The molecule has 0 saturated carbocycles. The van der Waals surface area contributed by atoms with E-state index >= 15 is 0 Å². The Balaban J connectivity index is 1.79. The Bertz CT molecular complexity index is 928. The Morgan fingerprint density at radius 3 is 2.55 bits per heavy atom. The molecule has 2 aromatic carbocycles. The SMILES string of the molecule is CCN(Cc1cccc2c1OCCO2)C(=O)C(NC(=O)c1ccccc1OC)C(C)C. The number of likely N-dealkylation sites (N-methyl/N-ethyl adjacent to an activating group) is 1. The minimum Gasteiger partial charge on any atom is -0.496 e. The first-order chi connectivity index (χ1) is 15.0. The van der Waals surface area contributed by atoms with Crippen molar-refractivity contribution in [2.24, 2.45) is 5.92 Å². The molecule has 1 unspecified atom stereocenters. The van der Waals surface area contributed by atoms with Crippen LogP contribution in [-0.2, 0) is 11.3 Å². The van der Waals surface area contributed by atoms with Crippen LogP contribution in [0.15, 0.2) is 42.5 Å². The lowest BCUT2D eigenvalue weighted by Crippen LogP contribution is -2.51. The number of nitrogens with one attached hydrogen (secondary N) is 1. The highest BCUT2D eigenvalue weighted by molar-refractivity contribution is 5.99. The van der Waals surface area contributed by atoms with Crippen LogP contribution in [0.3, 0.4) is 0 Å². The lowest BCUT2D eigenvalue weighted by Gasteiger charge is -2.30. The van der Waals surface area contributed by atoms with Gasteiger partial charge in [-0.2, -0.15) is 0 Å². The highest BCUT2D eigenvalue weighted by atomic mass is 16.6. The van der Waals surface area contributed by atoms with Gasteiger partial charge in [-0.05, 0) is 31.0 Å². The van der Waals surface area contributed by atoms with Gasteiger partial charge in [-0.3, -0.25) is 9.59 Å². The van der Waals surface area contributed by atoms with E-state index in [1.54, 1.807) is 29.2 Å². The summed E-state index contributed by atoms with van der Waals surface area (Å²) < 4.78 is 16.7. The van der Waals surface area contributed by atoms with Crippen LogP contribution in [0, 0.1) is 5.92 Å². The maximum absolute atomic E-state index is 13.4. The molecular weight excluding hydrogens is 396 g/mol. The first-order valence-electron chi connectivity index (χ1n) is 10.6. The van der Waals surface area contributed by atoms with E-state index in [0.717, 1.165) is 5.56 Å². The molecule has 3 rings (SSSR count). The summed E-state index contributed by atoms with van der Waals surface area (Å²) in [4.78, 5) is 28.0. The van der Waals surface area contributed by atoms with Crippen molar-refractivity contribution in [2.45, 2.75) is 33.4 Å². The molecule has 1 aliphatic rings. The normalized spacial score (nSPS) is 13.5. The van der Waals surface area contributed by atoms with Gasteiger partial charge in [-0.15, -0.1) is 0 Å². The zero-order valence-electron chi connectivity index (χ0n) is 18.5. The monoisotopic (exact) mass is 426 g/mol. The predicted octanol–water partition coefficient (Wildman–Crippen LogP) is 3.27. The summed E-state index contributed by atoms with van der Waals surface area (Å²) in [5.41, 5.74) is 1.28. The van der Waals surface area contributed by atoms with Crippen LogP contribution in [0.2, 0.25) is 0 Å². The van der Waals surface area contributed by atoms with Crippen LogP contribution in [0.5, 0.6) is 17.2 Å². The molecule has 2 amide bonds. The highest BCUT2D eigenvalue weighted by Gasteiger charge is 2.30. The van der Waals surface area contributed by atoms with Gasteiger partial charge in [0.25, 0.3) is 5.91 Å². The molecule has 7 nitrogen and oxygen atoms in total. The van der Waals surface area contributed by atoms with Gasteiger partial charge in [0.05, 0.1) is 12.7 Å². The topological polar surface area (TPSA) is 77.1 Å². The summed E-state index contributed by atoms with van der Waals surface area (Å²) in [5.74, 6) is 1.26. The molecule has 0 aliphatic carbocycles. The number of benzene rings is 2. The number of carbonyl (C=O) groups is 2. The van der Waals surface area contributed by atoms with E-state index in [1.165, 1.54) is 7.11 Å². The van der Waals surface area contributed by atoms with Gasteiger partial charge in [0.15, 0.2) is 11.5 Å². The molecule has 1 aliphatic heterocycles. The molecule has 1 heterocycles. The van der Waals surface area contributed by atoms with Crippen molar-refractivity contribution in [3.05, 3.63) is 53.6 Å². The van der Waals surface area contributed by atoms with Gasteiger partial charge < -0.3 is 24.4 Å². The van der Waals surface area contributed by atoms with Gasteiger partial charge in [-0.25, -0.2) is 0 Å². The average Bonchev–Trinajstić information content (AvgIpc) is 2.80. The summed E-state index contributed by atoms with van der Waals surface area (Å²) in [5, 5.41) is 2.90. The van der Waals surface area contributed by atoms with E-state index in [9.17, 15) is 9.59 Å².